The van der Waals surface area contributed by atoms with E-state index < -0.39 is 0 Å². The van der Waals surface area contributed by atoms with Gasteiger partial charge in [-0.3, -0.25) is 4.90 Å². The van der Waals surface area contributed by atoms with E-state index in [0.717, 1.165) is 18.7 Å². The molecule has 0 saturated heterocycles. The van der Waals surface area contributed by atoms with Gasteiger partial charge in [0.2, 0.25) is 0 Å². The molecule has 0 amide bonds. The summed E-state index contributed by atoms with van der Waals surface area (Å²) in [6.07, 6.45) is 0. The molecule has 0 atom stereocenters. The summed E-state index contributed by atoms with van der Waals surface area (Å²) >= 11 is 6.21. The van der Waals surface area contributed by atoms with Gasteiger partial charge in [0.15, 0.2) is 0 Å². The third-order valence-corrected chi connectivity index (χ3v) is 3.68. The summed E-state index contributed by atoms with van der Waals surface area (Å²) in [5.41, 5.74) is 4.26. The number of nitrogens with zero attached hydrogens (tertiary/aromatic N) is 2. The first kappa shape index (κ1) is 14.6. The molecule has 0 aromatic heterocycles. The molecule has 0 unspecified atom stereocenters. The topological polar surface area (TPSA) is 27.0 Å². The summed E-state index contributed by atoms with van der Waals surface area (Å²) in [5, 5.41) is 9.49. The van der Waals surface area contributed by atoms with E-state index >= 15 is 0 Å². The number of hydrogen-bond donors (Lipinski definition) is 0. The highest BCUT2D eigenvalue weighted by Gasteiger charge is 2.07. The molecular formula is C17H17ClN2. The van der Waals surface area contributed by atoms with Gasteiger partial charge in [-0.15, -0.1) is 0 Å². The smallest absolute Gasteiger partial charge is 0.0992 e. The van der Waals surface area contributed by atoms with Crippen molar-refractivity contribution in [2.45, 2.75) is 20.0 Å². The van der Waals surface area contributed by atoms with Gasteiger partial charge in [-0.2, -0.15) is 5.26 Å². The molecule has 2 aromatic rings. The van der Waals surface area contributed by atoms with E-state index in [2.05, 4.69) is 49.2 Å². The molecular weight excluding hydrogens is 268 g/mol. The van der Waals surface area contributed by atoms with Gasteiger partial charge in [-0.1, -0.05) is 41.9 Å². The van der Waals surface area contributed by atoms with Crippen molar-refractivity contribution in [1.29, 1.82) is 5.26 Å². The van der Waals surface area contributed by atoms with E-state index in [9.17, 15) is 0 Å². The lowest BCUT2D eigenvalue weighted by Crippen LogP contribution is -2.18. The molecule has 0 fully saturated rings. The Morgan fingerprint density at radius 1 is 1.10 bits per heavy atom. The Hall–Kier alpha value is -1.82. The second-order valence-corrected chi connectivity index (χ2v) is 5.42. The third-order valence-electron chi connectivity index (χ3n) is 3.32. The number of aryl methyl sites for hydroxylation is 1. The summed E-state index contributed by atoms with van der Waals surface area (Å²) in [5.74, 6) is 0. The Bertz CT molecular complexity index is 644. The Labute approximate surface area is 125 Å². The lowest BCUT2D eigenvalue weighted by atomic mass is 10.1. The van der Waals surface area contributed by atoms with Crippen molar-refractivity contribution in [2.75, 3.05) is 7.05 Å². The Morgan fingerprint density at radius 2 is 1.80 bits per heavy atom. The van der Waals surface area contributed by atoms with Gasteiger partial charge < -0.3 is 0 Å². The SMILES string of the molecule is Cc1ccccc1CN(C)Cc1ccc(C#N)cc1Cl. The zero-order valence-electron chi connectivity index (χ0n) is 11.7. The minimum Gasteiger partial charge on any atom is -0.298 e. The van der Waals surface area contributed by atoms with Crippen LogP contribution in [-0.2, 0) is 13.1 Å². The van der Waals surface area contributed by atoms with Gasteiger partial charge in [0.1, 0.15) is 0 Å². The van der Waals surface area contributed by atoms with E-state index in [-0.39, 0.29) is 0 Å². The highest BCUT2D eigenvalue weighted by molar-refractivity contribution is 6.31. The molecule has 2 nitrogen and oxygen atoms in total. The first-order chi connectivity index (χ1) is 9.60. The first-order valence-electron chi connectivity index (χ1n) is 6.51. The molecule has 2 aromatic carbocycles. The zero-order chi connectivity index (χ0) is 14.5. The van der Waals surface area contributed by atoms with Crippen LogP contribution in [0, 0.1) is 18.3 Å². The first-order valence-corrected chi connectivity index (χ1v) is 6.89. The van der Waals surface area contributed by atoms with E-state index in [4.69, 9.17) is 16.9 Å². The molecule has 0 N–H and O–H groups in total. The van der Waals surface area contributed by atoms with Crippen LogP contribution in [0.2, 0.25) is 5.02 Å². The monoisotopic (exact) mass is 284 g/mol. The lowest BCUT2D eigenvalue weighted by Gasteiger charge is -2.19. The van der Waals surface area contributed by atoms with Crippen LogP contribution in [0.25, 0.3) is 0 Å². The van der Waals surface area contributed by atoms with E-state index in [1.807, 2.05) is 12.1 Å². The molecule has 2 rings (SSSR count). The molecule has 20 heavy (non-hydrogen) atoms. The summed E-state index contributed by atoms with van der Waals surface area (Å²) < 4.78 is 0. The van der Waals surface area contributed by atoms with Crippen LogP contribution in [-0.4, -0.2) is 11.9 Å². The molecule has 0 aliphatic carbocycles. The normalized spacial score (nSPS) is 10.6. The highest BCUT2D eigenvalue weighted by atomic mass is 35.5. The van der Waals surface area contributed by atoms with Gasteiger partial charge in [0.25, 0.3) is 0 Å². The number of benzene rings is 2. The molecule has 102 valence electrons. The summed E-state index contributed by atoms with van der Waals surface area (Å²) in [4.78, 5) is 2.22. The lowest BCUT2D eigenvalue weighted by molar-refractivity contribution is 0.318. The van der Waals surface area contributed by atoms with Crippen LogP contribution in [0.4, 0.5) is 0 Å². The molecule has 0 heterocycles. The Morgan fingerprint density at radius 3 is 2.45 bits per heavy atom. The molecule has 0 aliphatic heterocycles. The Balaban J connectivity index is 2.07. The number of halogens is 1. The summed E-state index contributed by atoms with van der Waals surface area (Å²) in [6, 6.07) is 15.9. The minimum absolute atomic E-state index is 0.598. The maximum absolute atomic E-state index is 8.84. The van der Waals surface area contributed by atoms with Crippen molar-refractivity contribution < 1.29 is 0 Å². The van der Waals surface area contributed by atoms with Crippen LogP contribution in [0.5, 0.6) is 0 Å². The van der Waals surface area contributed by atoms with Gasteiger partial charge in [0.05, 0.1) is 11.6 Å². The average molecular weight is 285 g/mol. The fraction of sp³-hybridized carbons (Fsp3) is 0.235. The Kier molecular flexibility index (Phi) is 4.79. The second-order valence-electron chi connectivity index (χ2n) is 5.02. The van der Waals surface area contributed by atoms with Crippen molar-refractivity contribution in [3.63, 3.8) is 0 Å². The largest absolute Gasteiger partial charge is 0.298 e. The predicted molar refractivity (Wildman–Crippen MR) is 82.5 cm³/mol. The maximum atomic E-state index is 8.84. The number of hydrogen-bond acceptors (Lipinski definition) is 2. The zero-order valence-corrected chi connectivity index (χ0v) is 12.5. The molecule has 0 saturated carbocycles. The highest BCUT2D eigenvalue weighted by Crippen LogP contribution is 2.20. The van der Waals surface area contributed by atoms with E-state index in [1.165, 1.54) is 11.1 Å². The van der Waals surface area contributed by atoms with Crippen molar-refractivity contribution in [3.8, 4) is 6.07 Å². The van der Waals surface area contributed by atoms with Crippen LogP contribution in [0.15, 0.2) is 42.5 Å². The van der Waals surface area contributed by atoms with Crippen molar-refractivity contribution in [2.24, 2.45) is 0 Å². The quantitative estimate of drug-likeness (QED) is 0.843. The summed E-state index contributed by atoms with van der Waals surface area (Å²) in [7, 11) is 2.07. The average Bonchev–Trinajstić information content (AvgIpc) is 2.43. The predicted octanol–water partition coefficient (Wildman–Crippen LogP) is 4.15. The molecule has 0 spiro atoms. The minimum atomic E-state index is 0.598. The van der Waals surface area contributed by atoms with Crippen LogP contribution in [0.3, 0.4) is 0 Å². The molecule has 3 heteroatoms. The fourth-order valence-corrected chi connectivity index (χ4v) is 2.41. The van der Waals surface area contributed by atoms with Crippen LogP contribution < -0.4 is 0 Å². The van der Waals surface area contributed by atoms with Crippen molar-refractivity contribution in [3.05, 3.63) is 69.7 Å². The maximum Gasteiger partial charge on any atom is 0.0992 e. The third kappa shape index (κ3) is 3.60. The van der Waals surface area contributed by atoms with Crippen LogP contribution in [0.1, 0.15) is 22.3 Å². The van der Waals surface area contributed by atoms with Gasteiger partial charge >= 0.3 is 0 Å². The van der Waals surface area contributed by atoms with Gasteiger partial charge in [0, 0.05) is 18.1 Å². The van der Waals surface area contributed by atoms with Crippen LogP contribution >= 0.6 is 11.6 Å². The summed E-state index contributed by atoms with van der Waals surface area (Å²) in [6.45, 7) is 3.76. The van der Waals surface area contributed by atoms with E-state index in [1.54, 1.807) is 6.07 Å². The molecule has 0 bridgehead atoms. The molecule has 0 aliphatic rings. The number of nitriles is 1. The molecule has 0 radical (unpaired) electrons. The standard InChI is InChI=1S/C17H17ClN2/c1-13-5-3-4-6-15(13)11-20(2)12-16-8-7-14(10-19)9-17(16)18/h3-9H,11-12H2,1-2H3. The fourth-order valence-electron chi connectivity index (χ4n) is 2.17. The van der Waals surface area contributed by atoms with Gasteiger partial charge in [-0.25, -0.2) is 0 Å². The van der Waals surface area contributed by atoms with Crippen molar-refractivity contribution >= 4 is 11.6 Å². The second kappa shape index (κ2) is 6.56. The van der Waals surface area contributed by atoms with Gasteiger partial charge in [-0.05, 0) is 42.8 Å². The number of rotatable bonds is 4. The van der Waals surface area contributed by atoms with Crippen molar-refractivity contribution in [1.82, 2.24) is 4.90 Å². The van der Waals surface area contributed by atoms with E-state index in [0.29, 0.717) is 10.6 Å².